The molecule has 0 amide bonds. The summed E-state index contributed by atoms with van der Waals surface area (Å²) in [6.45, 7) is 11.2. The maximum absolute atomic E-state index is 13.2. The van der Waals surface area contributed by atoms with Gasteiger partial charge < -0.3 is 25.4 Å². The average Bonchev–Trinajstić information content (AvgIpc) is 3.23. The first-order valence-electron chi connectivity index (χ1n) is 12.9. The van der Waals surface area contributed by atoms with E-state index in [9.17, 15) is 19.8 Å². The molecule has 2 fully saturated rings. The van der Waals surface area contributed by atoms with Gasteiger partial charge in [-0.1, -0.05) is 34.1 Å². The Kier molecular flexibility index (Phi) is 9.15. The van der Waals surface area contributed by atoms with Gasteiger partial charge in [-0.05, 0) is 44.3 Å². The molecule has 9 heteroatoms. The minimum absolute atomic E-state index is 0.0660. The van der Waals surface area contributed by atoms with Crippen molar-refractivity contribution in [3.63, 3.8) is 0 Å². The summed E-state index contributed by atoms with van der Waals surface area (Å²) < 4.78 is 11.9. The van der Waals surface area contributed by atoms with E-state index in [1.165, 1.54) is 11.3 Å². The lowest BCUT2D eigenvalue weighted by Crippen LogP contribution is -2.45. The van der Waals surface area contributed by atoms with E-state index in [0.717, 1.165) is 35.5 Å². The molecule has 8 nitrogen and oxygen atoms in total. The van der Waals surface area contributed by atoms with Crippen molar-refractivity contribution in [3.8, 4) is 0 Å². The molecule has 4 N–H and O–H groups in total. The lowest BCUT2D eigenvalue weighted by atomic mass is 9.73. The van der Waals surface area contributed by atoms with E-state index in [0.29, 0.717) is 13.0 Å². The second-order valence-electron chi connectivity index (χ2n) is 11.3. The monoisotopic (exact) mass is 522 g/mol. The number of cyclic esters (lactones) is 1. The number of nitrogens with two attached hydrogens (primary N) is 1. The quantitative estimate of drug-likeness (QED) is 0.405. The number of aromatic nitrogens is 1. The summed E-state index contributed by atoms with van der Waals surface area (Å²) in [5.74, 6) is -1.59. The number of rotatable bonds is 3. The fourth-order valence-electron chi connectivity index (χ4n) is 5.11. The number of ketones is 1. The minimum Gasteiger partial charge on any atom is -0.458 e. The number of carbonyl (C=O) groups excluding carboxylic acids is 2. The topological polar surface area (TPSA) is 135 Å². The molecule has 0 bridgehead atoms. The first kappa shape index (κ1) is 28.9. The van der Waals surface area contributed by atoms with Crippen molar-refractivity contribution in [1.29, 1.82) is 0 Å². The number of hydrogen-bond donors (Lipinski definition) is 3. The summed E-state index contributed by atoms with van der Waals surface area (Å²) in [5, 5.41) is 24.5. The summed E-state index contributed by atoms with van der Waals surface area (Å²) in [5.41, 5.74) is 5.74. The molecule has 0 spiro atoms. The Morgan fingerprint density at radius 1 is 1.28 bits per heavy atom. The minimum atomic E-state index is -1.24. The van der Waals surface area contributed by atoms with E-state index >= 15 is 0 Å². The van der Waals surface area contributed by atoms with Crippen molar-refractivity contribution >= 4 is 29.2 Å². The molecule has 202 valence electrons. The molecule has 0 saturated carbocycles. The largest absolute Gasteiger partial charge is 0.458 e. The van der Waals surface area contributed by atoms with E-state index in [1.807, 2.05) is 25.3 Å². The predicted molar refractivity (Wildman–Crippen MR) is 139 cm³/mol. The highest BCUT2D eigenvalue weighted by Gasteiger charge is 2.53. The number of esters is 1. The number of epoxide rings is 1. The molecule has 3 rings (SSSR count). The number of thiazole rings is 1. The zero-order valence-electron chi connectivity index (χ0n) is 22.3. The van der Waals surface area contributed by atoms with Crippen LogP contribution >= 0.6 is 11.3 Å². The molecule has 0 aromatic carbocycles. The maximum Gasteiger partial charge on any atom is 0.309 e. The number of aliphatic hydroxyl groups excluding tert-OH is 2. The molecule has 0 radical (unpaired) electrons. The molecule has 0 aliphatic carbocycles. The van der Waals surface area contributed by atoms with Crippen LogP contribution < -0.4 is 5.73 Å². The van der Waals surface area contributed by atoms with Crippen LogP contribution in [0.2, 0.25) is 0 Å². The second-order valence-corrected chi connectivity index (χ2v) is 12.3. The van der Waals surface area contributed by atoms with E-state index < -0.39 is 35.6 Å². The Labute approximate surface area is 218 Å². The molecule has 3 heterocycles. The smallest absolute Gasteiger partial charge is 0.309 e. The van der Waals surface area contributed by atoms with E-state index in [1.54, 1.807) is 20.8 Å². The maximum atomic E-state index is 13.2. The van der Waals surface area contributed by atoms with Gasteiger partial charge in [-0.2, -0.15) is 0 Å². The lowest BCUT2D eigenvalue weighted by molar-refractivity contribution is -0.154. The van der Waals surface area contributed by atoms with Crippen molar-refractivity contribution < 1.29 is 29.3 Å². The third-order valence-corrected chi connectivity index (χ3v) is 8.92. The van der Waals surface area contributed by atoms with Gasteiger partial charge in [0.15, 0.2) is 0 Å². The summed E-state index contributed by atoms with van der Waals surface area (Å²) >= 11 is 1.48. The van der Waals surface area contributed by atoms with Gasteiger partial charge in [0, 0.05) is 24.3 Å². The normalized spacial score (nSPS) is 36.8. The second kappa shape index (κ2) is 11.4. The molecular formula is C27H42N2O6S. The van der Waals surface area contributed by atoms with E-state index in [2.05, 4.69) is 11.9 Å². The van der Waals surface area contributed by atoms with Gasteiger partial charge in [0.05, 0.1) is 41.4 Å². The molecule has 36 heavy (non-hydrogen) atoms. The van der Waals surface area contributed by atoms with Gasteiger partial charge >= 0.3 is 5.97 Å². The van der Waals surface area contributed by atoms with Crippen LogP contribution in [0, 0.1) is 17.3 Å². The van der Waals surface area contributed by atoms with E-state index in [4.69, 9.17) is 15.2 Å². The molecule has 3 unspecified atom stereocenters. The van der Waals surface area contributed by atoms with Gasteiger partial charge in [-0.15, -0.1) is 11.3 Å². The molecule has 7 atom stereocenters. The number of hydrogen-bond acceptors (Lipinski definition) is 9. The third-order valence-electron chi connectivity index (χ3n) is 8.03. The van der Waals surface area contributed by atoms with Crippen LogP contribution in [-0.4, -0.2) is 57.0 Å². The Bertz CT molecular complexity index is 975. The number of fused-ring (bicyclic) bond motifs is 1. The first-order valence-corrected chi connectivity index (χ1v) is 13.8. The molecular weight excluding hydrogens is 480 g/mol. The zero-order valence-corrected chi connectivity index (χ0v) is 23.1. The number of ether oxygens (including phenoxy) is 2. The summed E-state index contributed by atoms with van der Waals surface area (Å²) in [7, 11) is 0. The lowest BCUT2D eigenvalue weighted by Gasteiger charge is -2.34. The van der Waals surface area contributed by atoms with Gasteiger partial charge in [0.25, 0.3) is 0 Å². The Balaban J connectivity index is 1.85. The molecule has 1 aromatic heterocycles. The summed E-state index contributed by atoms with van der Waals surface area (Å²) in [4.78, 5) is 30.7. The first-order chi connectivity index (χ1) is 16.8. The average molecular weight is 523 g/mol. The fraction of sp³-hybridized carbons (Fsp3) is 0.741. The number of nitrogens with zero attached hydrogens (tertiary/aromatic N) is 1. The third kappa shape index (κ3) is 6.61. The number of carbonyl (C=O) groups is 2. The van der Waals surface area contributed by atoms with Crippen LogP contribution in [0.4, 0.5) is 0 Å². The Morgan fingerprint density at radius 2 is 1.97 bits per heavy atom. The summed E-state index contributed by atoms with van der Waals surface area (Å²) in [6, 6.07) is 0. The SMILES string of the molecule is C/C(=C\c1csc(CN)n1)[C@@H]1C[C@@H]2O[C@]2(C)CCCC(C)[C@H](O)C(C)C(=O)C(C)(C)C(O)CC(=O)O1. The van der Waals surface area contributed by atoms with Crippen LogP contribution in [0.1, 0.15) is 84.3 Å². The van der Waals surface area contributed by atoms with Crippen LogP contribution in [0.25, 0.3) is 6.08 Å². The highest BCUT2D eigenvalue weighted by Crippen LogP contribution is 2.45. The molecule has 2 aliphatic rings. The van der Waals surface area contributed by atoms with Gasteiger partial charge in [0.1, 0.15) is 16.9 Å². The molecule has 1 aromatic rings. The van der Waals surface area contributed by atoms with Crippen molar-refractivity contribution in [1.82, 2.24) is 4.98 Å². The number of Topliss-reactive ketones (excluding diaryl/α,β-unsaturated/α-hetero) is 1. The van der Waals surface area contributed by atoms with Crippen molar-refractivity contribution in [2.24, 2.45) is 23.0 Å². The van der Waals surface area contributed by atoms with Crippen molar-refractivity contribution in [2.45, 2.75) is 110 Å². The van der Waals surface area contributed by atoms with Crippen LogP contribution in [0.5, 0.6) is 0 Å². The predicted octanol–water partition coefficient (Wildman–Crippen LogP) is 3.63. The van der Waals surface area contributed by atoms with Crippen LogP contribution in [-0.2, 0) is 25.6 Å². The van der Waals surface area contributed by atoms with E-state index in [-0.39, 0.29) is 29.8 Å². The Hall–Kier alpha value is -1.65. The highest BCUT2D eigenvalue weighted by atomic mass is 32.1. The zero-order chi connectivity index (χ0) is 26.8. The summed E-state index contributed by atoms with van der Waals surface area (Å²) in [6.07, 6.45) is 1.80. The molecule has 2 saturated heterocycles. The molecule has 2 aliphatic heterocycles. The van der Waals surface area contributed by atoms with Crippen LogP contribution in [0.15, 0.2) is 11.0 Å². The van der Waals surface area contributed by atoms with Gasteiger partial charge in [-0.25, -0.2) is 4.98 Å². The van der Waals surface area contributed by atoms with Crippen molar-refractivity contribution in [3.05, 3.63) is 21.7 Å². The Morgan fingerprint density at radius 3 is 2.61 bits per heavy atom. The highest BCUT2D eigenvalue weighted by molar-refractivity contribution is 7.09. The van der Waals surface area contributed by atoms with Gasteiger partial charge in [-0.3, -0.25) is 9.59 Å². The standard InChI is InChI=1S/C27H42N2O6S/c1-15-8-7-9-27(6)21(35-27)11-19(16(2)10-18-14-36-22(13-28)29-18)34-23(31)12-20(30)26(4,5)25(33)17(3)24(15)32/h10,14-15,17,19-21,24,30,32H,7-9,11-13,28H2,1-6H3/b16-10+/t15?,17?,19-,20?,21-,24-,27+/m0/s1. The van der Waals surface area contributed by atoms with Crippen LogP contribution in [0.3, 0.4) is 0 Å². The number of aliphatic hydroxyl groups is 2. The fourth-order valence-corrected chi connectivity index (χ4v) is 5.74. The van der Waals surface area contributed by atoms with Crippen molar-refractivity contribution in [2.75, 3.05) is 0 Å². The van der Waals surface area contributed by atoms with Gasteiger partial charge in [0.2, 0.25) is 0 Å².